The van der Waals surface area contributed by atoms with Crippen LogP contribution in [-0.2, 0) is 9.47 Å². The second-order valence-corrected chi connectivity index (χ2v) is 11.3. The van der Waals surface area contributed by atoms with Crippen molar-refractivity contribution in [1.29, 1.82) is 0 Å². The second-order valence-electron chi connectivity index (χ2n) is 10.2. The van der Waals surface area contributed by atoms with Crippen molar-refractivity contribution in [3.63, 3.8) is 0 Å². The Hall–Kier alpha value is -1.32. The summed E-state index contributed by atoms with van der Waals surface area (Å²) in [7, 11) is 0. The highest BCUT2D eigenvalue weighted by Gasteiger charge is 2.39. The maximum absolute atomic E-state index is 12.6. The van der Waals surface area contributed by atoms with Crippen LogP contribution in [0, 0.1) is 9.49 Å². The Morgan fingerprint density at radius 1 is 1.10 bits per heavy atom. The molecule has 0 saturated heterocycles. The highest BCUT2D eigenvalue weighted by Crippen LogP contribution is 2.43. The van der Waals surface area contributed by atoms with Crippen molar-refractivity contribution >= 4 is 34.8 Å². The van der Waals surface area contributed by atoms with E-state index < -0.39 is 23.4 Å². The van der Waals surface area contributed by atoms with E-state index in [0.29, 0.717) is 18.5 Å². The van der Waals surface area contributed by atoms with Crippen molar-refractivity contribution in [2.45, 2.75) is 90.4 Å². The van der Waals surface area contributed by atoms with Gasteiger partial charge < -0.3 is 9.47 Å². The summed E-state index contributed by atoms with van der Waals surface area (Å²) < 4.78 is 14.2. The maximum atomic E-state index is 12.6. The summed E-state index contributed by atoms with van der Waals surface area (Å²) in [6.07, 6.45) is 5.05. The van der Waals surface area contributed by atoms with Gasteiger partial charge in [-0.2, -0.15) is 5.10 Å². The lowest BCUT2D eigenvalue weighted by Gasteiger charge is -2.38. The fraction of sp³-hybridized carbons (Fsp3) is 0.762. The van der Waals surface area contributed by atoms with Gasteiger partial charge in [0.1, 0.15) is 11.2 Å². The van der Waals surface area contributed by atoms with Crippen LogP contribution in [0.3, 0.4) is 0 Å². The van der Waals surface area contributed by atoms with E-state index in [-0.39, 0.29) is 5.92 Å². The summed E-state index contributed by atoms with van der Waals surface area (Å²) in [6, 6.07) is 0.320. The summed E-state index contributed by atoms with van der Waals surface area (Å²) in [5.41, 5.74) is -0.132. The molecule has 0 unspecified atom stereocenters. The molecule has 162 valence electrons. The van der Waals surface area contributed by atoms with E-state index in [1.807, 2.05) is 0 Å². The lowest BCUT2D eigenvalue weighted by Crippen LogP contribution is -2.47. The van der Waals surface area contributed by atoms with E-state index in [9.17, 15) is 9.59 Å². The number of amides is 2. The van der Waals surface area contributed by atoms with Crippen LogP contribution in [-0.4, -0.2) is 44.6 Å². The number of nitrogens with zero attached hydrogens (tertiary/aromatic N) is 3. The first-order valence-electron chi connectivity index (χ1n) is 10.3. The van der Waals surface area contributed by atoms with Gasteiger partial charge in [-0.05, 0) is 95.7 Å². The van der Waals surface area contributed by atoms with Crippen LogP contribution < -0.4 is 0 Å². The van der Waals surface area contributed by atoms with Crippen LogP contribution in [0.25, 0.3) is 0 Å². The molecule has 0 aliphatic heterocycles. The van der Waals surface area contributed by atoms with Crippen LogP contribution in [0.5, 0.6) is 0 Å². The molecular formula is C21H32IN3O4. The summed E-state index contributed by atoms with van der Waals surface area (Å²) >= 11 is 2.36. The number of hydrogen-bond donors (Lipinski definition) is 0. The van der Waals surface area contributed by atoms with Crippen molar-refractivity contribution in [1.82, 2.24) is 14.7 Å². The SMILES string of the molecule is CC(C)(C)OC(=O)N(C[C@H]1C[C@H](n2cc(I)c(C3CC3)n2)C1)C(=O)OC(C)(C)C. The predicted octanol–water partition coefficient (Wildman–Crippen LogP) is 5.49. The van der Waals surface area contributed by atoms with E-state index in [1.54, 1.807) is 41.5 Å². The third-order valence-electron chi connectivity index (χ3n) is 4.93. The maximum Gasteiger partial charge on any atom is 0.419 e. The molecule has 0 aromatic carbocycles. The fourth-order valence-electron chi connectivity index (χ4n) is 3.39. The zero-order valence-electron chi connectivity index (χ0n) is 18.2. The first-order chi connectivity index (χ1) is 13.3. The molecule has 2 amide bonds. The summed E-state index contributed by atoms with van der Waals surface area (Å²) in [5, 5.41) is 4.79. The van der Waals surface area contributed by atoms with Gasteiger partial charge in [-0.15, -0.1) is 0 Å². The molecule has 2 saturated carbocycles. The Balaban J connectivity index is 1.61. The van der Waals surface area contributed by atoms with Gasteiger partial charge in [0.05, 0.1) is 15.3 Å². The average molecular weight is 517 g/mol. The molecule has 0 bridgehead atoms. The number of imide groups is 1. The van der Waals surface area contributed by atoms with Gasteiger partial charge in [-0.3, -0.25) is 4.68 Å². The molecule has 0 radical (unpaired) electrons. The number of rotatable bonds is 4. The van der Waals surface area contributed by atoms with Crippen molar-refractivity contribution in [2.24, 2.45) is 5.92 Å². The molecule has 1 aromatic heterocycles. The minimum atomic E-state index is -0.676. The Bertz CT molecular complexity index is 740. The van der Waals surface area contributed by atoms with Gasteiger partial charge in [0.2, 0.25) is 0 Å². The van der Waals surface area contributed by atoms with Gasteiger partial charge in [0.15, 0.2) is 0 Å². The summed E-state index contributed by atoms with van der Waals surface area (Å²) in [4.78, 5) is 26.4. The van der Waals surface area contributed by atoms with Crippen LogP contribution in [0.1, 0.15) is 84.9 Å². The summed E-state index contributed by atoms with van der Waals surface area (Å²) in [6.45, 7) is 11.0. The Morgan fingerprint density at radius 2 is 1.62 bits per heavy atom. The Morgan fingerprint density at radius 3 is 2.07 bits per heavy atom. The highest BCUT2D eigenvalue weighted by molar-refractivity contribution is 14.1. The van der Waals surface area contributed by atoms with Crippen molar-refractivity contribution < 1.29 is 19.1 Å². The molecule has 0 spiro atoms. The first kappa shape index (κ1) is 22.4. The highest BCUT2D eigenvalue weighted by atomic mass is 127. The monoisotopic (exact) mass is 517 g/mol. The topological polar surface area (TPSA) is 73.7 Å². The molecule has 1 heterocycles. The van der Waals surface area contributed by atoms with Crippen LogP contribution >= 0.6 is 22.6 Å². The third-order valence-corrected chi connectivity index (χ3v) is 5.76. The predicted molar refractivity (Wildman–Crippen MR) is 118 cm³/mol. The molecular weight excluding hydrogens is 485 g/mol. The number of ether oxygens (including phenoxy) is 2. The van der Waals surface area contributed by atoms with Gasteiger partial charge in [-0.25, -0.2) is 14.5 Å². The normalized spacial score (nSPS) is 22.0. The summed E-state index contributed by atoms with van der Waals surface area (Å²) in [5.74, 6) is 0.847. The van der Waals surface area contributed by atoms with Crippen molar-refractivity contribution in [3.05, 3.63) is 15.5 Å². The number of carbonyl (C=O) groups excluding carboxylic acids is 2. The van der Waals surface area contributed by atoms with E-state index in [1.165, 1.54) is 22.1 Å². The van der Waals surface area contributed by atoms with Crippen LogP contribution in [0.15, 0.2) is 6.20 Å². The van der Waals surface area contributed by atoms with Crippen molar-refractivity contribution in [3.8, 4) is 0 Å². The second kappa shape index (κ2) is 8.07. The van der Waals surface area contributed by atoms with E-state index >= 15 is 0 Å². The fourth-order valence-corrected chi connectivity index (χ4v) is 4.22. The molecule has 8 heteroatoms. The molecule has 0 N–H and O–H groups in total. The number of hydrogen-bond acceptors (Lipinski definition) is 5. The van der Waals surface area contributed by atoms with Gasteiger partial charge >= 0.3 is 12.2 Å². The lowest BCUT2D eigenvalue weighted by atomic mass is 9.80. The van der Waals surface area contributed by atoms with Crippen molar-refractivity contribution in [2.75, 3.05) is 6.54 Å². The Kier molecular flexibility index (Phi) is 6.23. The average Bonchev–Trinajstić information content (AvgIpc) is 3.25. The number of halogens is 1. The molecule has 2 fully saturated rings. The Labute approximate surface area is 186 Å². The minimum absolute atomic E-state index is 0.214. The molecule has 29 heavy (non-hydrogen) atoms. The van der Waals surface area contributed by atoms with E-state index in [4.69, 9.17) is 14.6 Å². The molecule has 7 nitrogen and oxygen atoms in total. The molecule has 0 atom stereocenters. The van der Waals surface area contributed by atoms with Gasteiger partial charge in [0.25, 0.3) is 0 Å². The van der Waals surface area contributed by atoms with Gasteiger partial charge in [0, 0.05) is 18.7 Å². The largest absolute Gasteiger partial charge is 0.443 e. The zero-order chi connectivity index (χ0) is 21.6. The van der Waals surface area contributed by atoms with E-state index in [2.05, 4.69) is 33.5 Å². The van der Waals surface area contributed by atoms with Gasteiger partial charge in [-0.1, -0.05) is 0 Å². The number of aromatic nitrogens is 2. The molecule has 2 aliphatic carbocycles. The first-order valence-corrected chi connectivity index (χ1v) is 11.4. The standard InChI is InChI=1S/C21H32IN3O4/c1-20(2,3)28-18(26)24(19(27)29-21(4,5)6)11-13-9-15(10-13)25-12-16(22)17(23-25)14-7-8-14/h12-15H,7-11H2,1-6H3/t13-,15-. The smallest absolute Gasteiger partial charge is 0.419 e. The molecule has 1 aromatic rings. The van der Waals surface area contributed by atoms with Crippen LogP contribution in [0.2, 0.25) is 0 Å². The lowest BCUT2D eigenvalue weighted by molar-refractivity contribution is -0.00641. The minimum Gasteiger partial charge on any atom is -0.443 e. The molecule has 2 aliphatic rings. The zero-order valence-corrected chi connectivity index (χ0v) is 20.4. The molecule has 3 rings (SSSR count). The van der Waals surface area contributed by atoms with Crippen LogP contribution in [0.4, 0.5) is 9.59 Å². The quantitative estimate of drug-likeness (QED) is 0.494. The number of carbonyl (C=O) groups is 2. The third kappa shape index (κ3) is 6.08. The van der Waals surface area contributed by atoms with E-state index in [0.717, 1.165) is 17.7 Å².